The van der Waals surface area contributed by atoms with Crippen molar-refractivity contribution < 1.29 is 0 Å². The Morgan fingerprint density at radius 1 is 1.91 bits per heavy atom. The predicted octanol–water partition coefficient (Wildman–Crippen LogP) is 1.15. The lowest BCUT2D eigenvalue weighted by Crippen LogP contribution is -2.05. The van der Waals surface area contributed by atoms with Gasteiger partial charge in [0.05, 0.1) is 5.69 Å². The van der Waals surface area contributed by atoms with Crippen LogP contribution in [-0.2, 0) is 7.05 Å². The fraction of sp³-hybridized carbons (Fsp3) is 0.286. The van der Waals surface area contributed by atoms with Crippen LogP contribution in [-0.4, -0.2) is 16.3 Å². The molecule has 11 heavy (non-hydrogen) atoms. The first-order valence-corrected chi connectivity index (χ1v) is 4.02. The Morgan fingerprint density at radius 2 is 2.55 bits per heavy atom. The minimum Gasteiger partial charge on any atom is -0.326 e. The zero-order chi connectivity index (χ0) is 8.43. The molecule has 0 aliphatic rings. The van der Waals surface area contributed by atoms with Gasteiger partial charge in [-0.15, -0.1) is 0 Å². The smallest absolute Gasteiger partial charge is 0.128 e. The fourth-order valence-electron chi connectivity index (χ4n) is 0.868. The van der Waals surface area contributed by atoms with E-state index in [1.807, 2.05) is 13.1 Å². The summed E-state index contributed by atoms with van der Waals surface area (Å²) in [6, 6.07) is 1.90. The van der Waals surface area contributed by atoms with E-state index >= 15 is 0 Å². The number of nitrogens with two attached hydrogens (primary N) is 1. The van der Waals surface area contributed by atoms with E-state index in [9.17, 15) is 0 Å². The predicted molar refractivity (Wildman–Crippen MR) is 49.0 cm³/mol. The van der Waals surface area contributed by atoms with Crippen LogP contribution in [0, 0.1) is 0 Å². The molecule has 0 bridgehead atoms. The maximum atomic E-state index is 5.43. The van der Waals surface area contributed by atoms with Gasteiger partial charge in [0.2, 0.25) is 0 Å². The van der Waals surface area contributed by atoms with E-state index in [-0.39, 0.29) is 0 Å². The zero-order valence-corrected chi connectivity index (χ0v) is 7.93. The lowest BCUT2D eigenvalue weighted by Gasteiger charge is -2.00. The number of hydrogen-bond donors (Lipinski definition) is 1. The number of halogens is 1. The van der Waals surface area contributed by atoms with Gasteiger partial charge in [0.15, 0.2) is 0 Å². The average molecular weight is 216 g/mol. The van der Waals surface area contributed by atoms with Crippen LogP contribution in [0.5, 0.6) is 0 Å². The molecule has 3 nitrogen and oxygen atoms in total. The van der Waals surface area contributed by atoms with Crippen molar-refractivity contribution >= 4 is 21.5 Å². The second kappa shape index (κ2) is 3.19. The zero-order valence-electron chi connectivity index (χ0n) is 6.34. The van der Waals surface area contributed by atoms with Crippen LogP contribution in [0.1, 0.15) is 5.69 Å². The SMILES string of the molecule is C=C(CN)c1cc(Br)nn1C. The maximum Gasteiger partial charge on any atom is 0.128 e. The van der Waals surface area contributed by atoms with E-state index in [1.54, 1.807) is 4.68 Å². The highest BCUT2D eigenvalue weighted by Gasteiger charge is 2.03. The molecule has 1 aromatic rings. The van der Waals surface area contributed by atoms with Gasteiger partial charge in [0.1, 0.15) is 4.60 Å². The number of hydrogen-bond acceptors (Lipinski definition) is 2. The largest absolute Gasteiger partial charge is 0.326 e. The molecule has 0 fully saturated rings. The topological polar surface area (TPSA) is 43.8 Å². The Bertz CT molecular complexity index is 277. The van der Waals surface area contributed by atoms with Gasteiger partial charge in [-0.05, 0) is 27.6 Å². The molecular weight excluding hydrogens is 206 g/mol. The summed E-state index contributed by atoms with van der Waals surface area (Å²) in [4.78, 5) is 0. The molecule has 0 saturated heterocycles. The average Bonchev–Trinajstić information content (AvgIpc) is 2.28. The summed E-state index contributed by atoms with van der Waals surface area (Å²) >= 11 is 3.27. The van der Waals surface area contributed by atoms with E-state index in [0.29, 0.717) is 6.54 Å². The van der Waals surface area contributed by atoms with Crippen LogP contribution < -0.4 is 5.73 Å². The molecule has 0 amide bonds. The molecule has 0 saturated carbocycles. The summed E-state index contributed by atoms with van der Waals surface area (Å²) in [5, 5.41) is 4.10. The molecule has 0 aromatic carbocycles. The normalized spacial score (nSPS) is 10.1. The van der Waals surface area contributed by atoms with E-state index in [4.69, 9.17) is 5.73 Å². The fourth-order valence-corrected chi connectivity index (χ4v) is 1.32. The van der Waals surface area contributed by atoms with E-state index < -0.39 is 0 Å². The lowest BCUT2D eigenvalue weighted by molar-refractivity contribution is 0.748. The molecule has 1 heterocycles. The molecule has 0 atom stereocenters. The van der Waals surface area contributed by atoms with Crippen molar-refractivity contribution in [1.29, 1.82) is 0 Å². The van der Waals surface area contributed by atoms with Crippen molar-refractivity contribution in [3.8, 4) is 0 Å². The molecule has 1 aromatic heterocycles. The standard InChI is InChI=1S/C7H10BrN3/c1-5(4-9)6-3-7(8)10-11(6)2/h3H,1,4,9H2,2H3. The minimum absolute atomic E-state index is 0.464. The third-order valence-corrected chi connectivity index (χ3v) is 1.85. The summed E-state index contributed by atoms with van der Waals surface area (Å²) in [6.45, 7) is 4.28. The number of aryl methyl sites for hydroxylation is 1. The summed E-state index contributed by atoms with van der Waals surface area (Å²) in [6.07, 6.45) is 0. The van der Waals surface area contributed by atoms with Gasteiger partial charge < -0.3 is 5.73 Å². The summed E-state index contributed by atoms with van der Waals surface area (Å²) in [5.74, 6) is 0. The van der Waals surface area contributed by atoms with Crippen LogP contribution in [0.15, 0.2) is 17.2 Å². The number of rotatable bonds is 2. The first-order valence-electron chi connectivity index (χ1n) is 3.23. The van der Waals surface area contributed by atoms with E-state index in [2.05, 4.69) is 27.6 Å². The third-order valence-electron chi connectivity index (χ3n) is 1.46. The molecular formula is C7H10BrN3. The van der Waals surface area contributed by atoms with Gasteiger partial charge in [0, 0.05) is 13.6 Å². The van der Waals surface area contributed by atoms with Crippen LogP contribution in [0.2, 0.25) is 0 Å². The molecule has 60 valence electrons. The van der Waals surface area contributed by atoms with E-state index in [1.165, 1.54) is 0 Å². The molecule has 0 aliphatic heterocycles. The van der Waals surface area contributed by atoms with Gasteiger partial charge in [-0.25, -0.2) is 0 Å². The second-order valence-electron chi connectivity index (χ2n) is 2.28. The lowest BCUT2D eigenvalue weighted by atomic mass is 10.2. The van der Waals surface area contributed by atoms with E-state index in [0.717, 1.165) is 15.9 Å². The van der Waals surface area contributed by atoms with Gasteiger partial charge >= 0.3 is 0 Å². The van der Waals surface area contributed by atoms with Crippen molar-refractivity contribution in [2.45, 2.75) is 0 Å². The highest BCUT2D eigenvalue weighted by atomic mass is 79.9. The molecule has 0 unspecified atom stereocenters. The monoisotopic (exact) mass is 215 g/mol. The number of nitrogens with zero attached hydrogens (tertiary/aromatic N) is 2. The summed E-state index contributed by atoms with van der Waals surface area (Å²) in [7, 11) is 1.86. The second-order valence-corrected chi connectivity index (χ2v) is 3.10. The molecule has 0 radical (unpaired) electrons. The third kappa shape index (κ3) is 1.70. The van der Waals surface area contributed by atoms with Gasteiger partial charge in [-0.1, -0.05) is 6.58 Å². The highest BCUT2D eigenvalue weighted by Crippen LogP contribution is 2.15. The minimum atomic E-state index is 0.464. The Labute approximate surface area is 74.0 Å². The van der Waals surface area contributed by atoms with Crippen molar-refractivity contribution in [3.63, 3.8) is 0 Å². The Kier molecular flexibility index (Phi) is 2.46. The van der Waals surface area contributed by atoms with Crippen molar-refractivity contribution in [1.82, 2.24) is 9.78 Å². The van der Waals surface area contributed by atoms with Crippen LogP contribution in [0.4, 0.5) is 0 Å². The van der Waals surface area contributed by atoms with Crippen LogP contribution in [0.25, 0.3) is 5.57 Å². The molecule has 4 heteroatoms. The van der Waals surface area contributed by atoms with Crippen LogP contribution in [0.3, 0.4) is 0 Å². The Morgan fingerprint density at radius 3 is 2.91 bits per heavy atom. The Hall–Kier alpha value is -0.610. The molecule has 0 aliphatic carbocycles. The van der Waals surface area contributed by atoms with Crippen molar-refractivity contribution in [2.75, 3.05) is 6.54 Å². The van der Waals surface area contributed by atoms with Crippen molar-refractivity contribution in [2.24, 2.45) is 12.8 Å². The maximum absolute atomic E-state index is 5.43. The summed E-state index contributed by atoms with van der Waals surface area (Å²) < 4.78 is 2.56. The van der Waals surface area contributed by atoms with Crippen LogP contribution >= 0.6 is 15.9 Å². The highest BCUT2D eigenvalue weighted by molar-refractivity contribution is 9.10. The van der Waals surface area contributed by atoms with Gasteiger partial charge in [-0.3, -0.25) is 4.68 Å². The molecule has 1 rings (SSSR count). The Balaban J connectivity index is 3.03. The quantitative estimate of drug-likeness (QED) is 0.805. The van der Waals surface area contributed by atoms with Gasteiger partial charge in [0.25, 0.3) is 0 Å². The number of aromatic nitrogens is 2. The first-order chi connectivity index (χ1) is 5.15. The first kappa shape index (κ1) is 8.49. The summed E-state index contributed by atoms with van der Waals surface area (Å²) in [5.41, 5.74) is 7.29. The van der Waals surface area contributed by atoms with Crippen molar-refractivity contribution in [3.05, 3.63) is 22.9 Å². The molecule has 2 N–H and O–H groups in total. The van der Waals surface area contributed by atoms with Gasteiger partial charge in [-0.2, -0.15) is 5.10 Å². The molecule has 0 spiro atoms.